The Balaban J connectivity index is 2.49. The minimum absolute atomic E-state index is 0.0314. The Labute approximate surface area is 203 Å². The highest BCUT2D eigenvalue weighted by Gasteiger charge is 2.25. The lowest BCUT2D eigenvalue weighted by Crippen LogP contribution is -2.07. The van der Waals surface area contributed by atoms with E-state index in [0.29, 0.717) is 6.42 Å². The first kappa shape index (κ1) is 23.6. The minimum atomic E-state index is -2.57. The molecule has 0 aliphatic rings. The number of hydrogen-bond donors (Lipinski definition) is 1. The fourth-order valence-electron chi connectivity index (χ4n) is 2.64. The van der Waals surface area contributed by atoms with Gasteiger partial charge in [0.25, 0.3) is 0 Å². The molecule has 2 aromatic rings. The maximum Gasteiger partial charge on any atom is 0.694 e. The molecule has 0 aromatic heterocycles. The summed E-state index contributed by atoms with van der Waals surface area (Å²) in [5.74, 6) is 0.0314. The average molecular weight is 763 g/mol. The predicted octanol–water partition coefficient (Wildman–Crippen LogP) is 8.84. The van der Waals surface area contributed by atoms with Crippen LogP contribution in [0.15, 0.2) is 51.1 Å². The van der Waals surface area contributed by atoms with Crippen LogP contribution in [0.2, 0.25) is 0 Å². The summed E-state index contributed by atoms with van der Waals surface area (Å²) < 4.78 is 21.4. The van der Waals surface area contributed by atoms with Crippen molar-refractivity contribution in [3.63, 3.8) is 0 Å². The van der Waals surface area contributed by atoms with Gasteiger partial charge in [0.15, 0.2) is 0 Å². The van der Waals surface area contributed by atoms with Crippen LogP contribution >= 0.6 is 104 Å². The molecule has 0 heterocycles. The van der Waals surface area contributed by atoms with Crippen LogP contribution in [0.4, 0.5) is 0 Å². The van der Waals surface area contributed by atoms with E-state index in [-0.39, 0.29) is 12.5 Å². The summed E-state index contributed by atoms with van der Waals surface area (Å²) in [6, 6.07) is 8.04. The molecule has 0 aliphatic heterocycles. The molecule has 0 radical (unpaired) electrons. The highest BCUT2D eigenvalue weighted by molar-refractivity contribution is 9.12. The van der Waals surface area contributed by atoms with Crippen molar-refractivity contribution in [2.45, 2.75) is 18.8 Å². The molecule has 3 nitrogen and oxygen atoms in total. The monoisotopic (exact) mass is 757 g/mol. The zero-order valence-electron chi connectivity index (χ0n) is 13.0. The second-order valence-electron chi connectivity index (χ2n) is 5.33. The third-order valence-electron chi connectivity index (χ3n) is 3.62. The average Bonchev–Trinajstić information content (AvgIpc) is 2.48. The Morgan fingerprint density at radius 1 is 0.846 bits per heavy atom. The number of halogens is 6. The van der Waals surface area contributed by atoms with E-state index < -0.39 is 8.25 Å². The molecule has 2 aromatic carbocycles. The van der Waals surface area contributed by atoms with Crippen molar-refractivity contribution in [2.24, 2.45) is 0 Å². The van der Waals surface area contributed by atoms with Crippen molar-refractivity contribution in [2.75, 3.05) is 6.61 Å². The lowest BCUT2D eigenvalue weighted by Gasteiger charge is -2.24. The third-order valence-corrected chi connectivity index (χ3v) is 7.57. The number of rotatable bonds is 7. The molecule has 0 fully saturated rings. The van der Waals surface area contributed by atoms with Crippen LogP contribution in [0.25, 0.3) is 0 Å². The molecule has 2 rings (SSSR count). The molecule has 0 spiro atoms. The van der Waals surface area contributed by atoms with Gasteiger partial charge in [-0.05, 0) is 48.2 Å². The van der Waals surface area contributed by atoms with Gasteiger partial charge in [-0.15, -0.1) is 9.42 Å². The van der Waals surface area contributed by atoms with Crippen molar-refractivity contribution in [1.82, 2.24) is 0 Å². The number of benzene rings is 2. The maximum atomic E-state index is 10.8. The van der Waals surface area contributed by atoms with Crippen LogP contribution < -0.4 is 0 Å². The quantitative estimate of drug-likeness (QED) is 0.227. The molecule has 0 saturated heterocycles. The topological polar surface area (TPSA) is 46.5 Å². The fourth-order valence-corrected chi connectivity index (χ4v) is 8.54. The summed E-state index contributed by atoms with van der Waals surface area (Å²) in [6.07, 6.45) is 1.37. The first-order valence-corrected chi connectivity index (χ1v) is 13.2. The van der Waals surface area contributed by atoms with E-state index >= 15 is 0 Å². The van der Waals surface area contributed by atoms with Crippen LogP contribution in [-0.4, -0.2) is 11.5 Å². The minimum Gasteiger partial charge on any atom is -0.133 e. The Morgan fingerprint density at radius 2 is 1.23 bits per heavy atom. The van der Waals surface area contributed by atoms with Crippen LogP contribution in [-0.2, 0) is 9.09 Å². The van der Waals surface area contributed by atoms with Crippen molar-refractivity contribution in [1.29, 1.82) is 0 Å². The molecule has 0 saturated carbocycles. The van der Waals surface area contributed by atoms with Gasteiger partial charge in [0.2, 0.25) is 0 Å². The van der Waals surface area contributed by atoms with Crippen LogP contribution in [0.1, 0.15) is 29.9 Å². The fraction of sp³-hybridized carbons (Fsp3) is 0.250. The predicted molar refractivity (Wildman–Crippen MR) is 126 cm³/mol. The summed E-state index contributed by atoms with van der Waals surface area (Å²) in [5.41, 5.74) is 2.20. The van der Waals surface area contributed by atoms with Gasteiger partial charge in [0, 0.05) is 37.3 Å². The summed E-state index contributed by atoms with van der Waals surface area (Å²) in [7, 11) is -2.57. The van der Waals surface area contributed by atoms with E-state index in [1.807, 2.05) is 24.3 Å². The van der Waals surface area contributed by atoms with E-state index in [9.17, 15) is 4.57 Å². The molecule has 0 amide bonds. The largest absolute Gasteiger partial charge is 0.694 e. The molecular weight excluding hydrogens is 751 g/mol. The highest BCUT2D eigenvalue weighted by atomic mass is 79.9. The third kappa shape index (κ3) is 6.42. The van der Waals surface area contributed by atoms with Crippen molar-refractivity contribution >= 4 is 104 Å². The SMILES string of the molecule is O=[P+](O)OCCCC(c1c(Br)cc(Br)cc1Br)c1c(Br)cc(Br)cc1Br. The van der Waals surface area contributed by atoms with Crippen LogP contribution in [0, 0.1) is 0 Å². The van der Waals surface area contributed by atoms with Gasteiger partial charge in [-0.1, -0.05) is 95.6 Å². The van der Waals surface area contributed by atoms with E-state index in [1.54, 1.807) is 0 Å². The zero-order chi connectivity index (χ0) is 19.4. The van der Waals surface area contributed by atoms with Gasteiger partial charge in [-0.3, -0.25) is 0 Å². The van der Waals surface area contributed by atoms with Crippen molar-refractivity contribution in [3.05, 3.63) is 62.2 Å². The van der Waals surface area contributed by atoms with Crippen molar-refractivity contribution < 1.29 is 14.0 Å². The summed E-state index contributed by atoms with van der Waals surface area (Å²) in [6.45, 7) is 0.222. The second-order valence-corrected chi connectivity index (χ2v) is 11.3. The lowest BCUT2D eigenvalue weighted by molar-refractivity contribution is 0.273. The normalized spacial score (nSPS) is 11.9. The summed E-state index contributed by atoms with van der Waals surface area (Å²) in [4.78, 5) is 8.84. The van der Waals surface area contributed by atoms with Crippen LogP contribution in [0.3, 0.4) is 0 Å². The van der Waals surface area contributed by atoms with Gasteiger partial charge in [-0.25, -0.2) is 0 Å². The van der Waals surface area contributed by atoms with E-state index in [2.05, 4.69) is 95.6 Å². The summed E-state index contributed by atoms with van der Waals surface area (Å²) >= 11 is 21.7. The molecule has 10 heteroatoms. The Kier molecular flexibility index (Phi) is 9.93. The second kappa shape index (κ2) is 10.9. The van der Waals surface area contributed by atoms with Gasteiger partial charge in [0.05, 0.1) is 0 Å². The first-order valence-electron chi connectivity index (χ1n) is 7.28. The maximum absolute atomic E-state index is 10.8. The van der Waals surface area contributed by atoms with Gasteiger partial charge < -0.3 is 0 Å². The van der Waals surface area contributed by atoms with Gasteiger partial charge in [0.1, 0.15) is 6.61 Å². The Morgan fingerprint density at radius 3 is 1.58 bits per heavy atom. The zero-order valence-corrected chi connectivity index (χ0v) is 23.4. The Hall–Kier alpha value is 1.34. The molecule has 0 aliphatic carbocycles. The Bertz CT molecular complexity index is 726. The molecule has 1 atom stereocenters. The standard InChI is InChI=1S/C16H11Br6O3P/c17-8-4-11(19)15(12(20)5-8)10(2-1-3-25-26(23)24)16-13(21)6-9(18)7-14(16)22/h4-7,10H,1-3H2/p+1. The van der Waals surface area contributed by atoms with Gasteiger partial charge >= 0.3 is 8.25 Å². The van der Waals surface area contributed by atoms with Gasteiger partial charge in [-0.2, -0.15) is 0 Å². The van der Waals surface area contributed by atoms with E-state index in [0.717, 1.165) is 44.4 Å². The molecule has 1 unspecified atom stereocenters. The molecular formula is C16H12Br6O3P+. The number of hydrogen-bond acceptors (Lipinski definition) is 2. The van der Waals surface area contributed by atoms with Crippen molar-refractivity contribution in [3.8, 4) is 0 Å². The first-order chi connectivity index (χ1) is 12.2. The molecule has 26 heavy (non-hydrogen) atoms. The van der Waals surface area contributed by atoms with Crippen LogP contribution in [0.5, 0.6) is 0 Å². The highest BCUT2D eigenvalue weighted by Crippen LogP contribution is 2.45. The summed E-state index contributed by atoms with van der Waals surface area (Å²) in [5, 5.41) is 0. The lowest BCUT2D eigenvalue weighted by atomic mass is 9.87. The van der Waals surface area contributed by atoms with E-state index in [1.165, 1.54) is 0 Å². The van der Waals surface area contributed by atoms with E-state index in [4.69, 9.17) is 9.42 Å². The smallest absolute Gasteiger partial charge is 0.133 e. The molecule has 1 N–H and O–H groups in total. The molecule has 140 valence electrons. The molecule has 0 bridgehead atoms.